The lowest BCUT2D eigenvalue weighted by Crippen LogP contribution is -2.38. The third-order valence-electron chi connectivity index (χ3n) is 7.71. The van der Waals surface area contributed by atoms with E-state index in [0.29, 0.717) is 24.1 Å². The van der Waals surface area contributed by atoms with E-state index in [-0.39, 0.29) is 34.8 Å². The third kappa shape index (κ3) is 7.24. The van der Waals surface area contributed by atoms with Gasteiger partial charge >= 0.3 is 0 Å². The molecule has 1 aromatic rings. The van der Waals surface area contributed by atoms with Crippen LogP contribution in [-0.2, 0) is 11.2 Å². The second kappa shape index (κ2) is 12.9. The van der Waals surface area contributed by atoms with Gasteiger partial charge in [-0.1, -0.05) is 31.4 Å². The molecule has 7 heteroatoms. The van der Waals surface area contributed by atoms with Crippen LogP contribution in [0.3, 0.4) is 0 Å². The first-order chi connectivity index (χ1) is 17.1. The second-order valence-corrected chi connectivity index (χ2v) is 11.1. The fourth-order valence-corrected chi connectivity index (χ4v) is 5.63. The van der Waals surface area contributed by atoms with Crippen LogP contribution in [0.25, 0.3) is 0 Å². The van der Waals surface area contributed by atoms with E-state index in [1.54, 1.807) is 19.9 Å². The number of benzene rings is 1. The molecule has 3 rings (SSSR count). The highest BCUT2D eigenvalue weighted by molar-refractivity contribution is 5.99. The monoisotopic (exact) mass is 502 g/mol. The molecule has 0 bridgehead atoms. The topological polar surface area (TPSA) is 102 Å². The zero-order valence-electron chi connectivity index (χ0n) is 22.6. The lowest BCUT2D eigenvalue weighted by molar-refractivity contribution is 0.00420. The summed E-state index contributed by atoms with van der Waals surface area (Å²) in [6.07, 6.45) is 7.99. The van der Waals surface area contributed by atoms with Crippen LogP contribution in [0.1, 0.15) is 93.6 Å². The van der Waals surface area contributed by atoms with Crippen LogP contribution in [0, 0.1) is 5.92 Å². The number of morpholine rings is 1. The predicted molar refractivity (Wildman–Crippen MR) is 143 cm³/mol. The van der Waals surface area contributed by atoms with E-state index in [9.17, 15) is 20.1 Å². The van der Waals surface area contributed by atoms with Crippen LogP contribution < -0.4 is 5.32 Å². The first kappa shape index (κ1) is 28.5. The van der Waals surface area contributed by atoms with Crippen molar-refractivity contribution in [3.8, 4) is 11.5 Å². The minimum absolute atomic E-state index is 0.00642. The summed E-state index contributed by atoms with van der Waals surface area (Å²) in [4.78, 5) is 15.7. The molecule has 1 saturated heterocycles. The molecular weight excluding hydrogens is 456 g/mol. The molecule has 36 heavy (non-hydrogen) atoms. The van der Waals surface area contributed by atoms with Gasteiger partial charge in [-0.3, -0.25) is 9.69 Å². The Morgan fingerprint density at radius 3 is 2.58 bits per heavy atom. The largest absolute Gasteiger partial charge is 0.507 e. The molecule has 1 aliphatic carbocycles. The summed E-state index contributed by atoms with van der Waals surface area (Å²) in [6.45, 7) is 12.4. The molecule has 1 amide bonds. The average molecular weight is 503 g/mol. The number of phenolic OH excluding ortho intramolecular Hbond substituents is 2. The number of aromatic hydroxyl groups is 2. The molecule has 2 aliphatic rings. The molecule has 7 nitrogen and oxygen atoms in total. The summed E-state index contributed by atoms with van der Waals surface area (Å²) in [5.74, 6) is -1.03. The van der Waals surface area contributed by atoms with E-state index >= 15 is 0 Å². The summed E-state index contributed by atoms with van der Waals surface area (Å²) in [6, 6.07) is 1.66. The number of nitrogens with zero attached hydrogens (tertiary/aromatic N) is 1. The second-order valence-electron chi connectivity index (χ2n) is 11.1. The summed E-state index contributed by atoms with van der Waals surface area (Å²) in [5.41, 5.74) is 1.43. The summed E-state index contributed by atoms with van der Waals surface area (Å²) in [5, 5.41) is 36.5. The van der Waals surface area contributed by atoms with E-state index in [2.05, 4.69) is 17.1 Å². The zero-order valence-corrected chi connectivity index (χ0v) is 22.6. The van der Waals surface area contributed by atoms with Gasteiger partial charge in [-0.2, -0.15) is 0 Å². The molecule has 1 fully saturated rings. The highest BCUT2D eigenvalue weighted by Gasteiger charge is 2.39. The molecule has 0 radical (unpaired) electrons. The average Bonchev–Trinajstić information content (AvgIpc) is 2.82. The first-order valence-electron chi connectivity index (χ1n) is 13.7. The van der Waals surface area contributed by atoms with Crippen LogP contribution in [0.4, 0.5) is 0 Å². The van der Waals surface area contributed by atoms with Gasteiger partial charge in [0.05, 0.1) is 24.4 Å². The third-order valence-corrected chi connectivity index (χ3v) is 7.71. The Balaban J connectivity index is 1.88. The highest BCUT2D eigenvalue weighted by Crippen LogP contribution is 2.49. The van der Waals surface area contributed by atoms with Gasteiger partial charge in [0.1, 0.15) is 11.5 Å². The van der Waals surface area contributed by atoms with Crippen LogP contribution in [0.15, 0.2) is 17.7 Å². The number of carbonyl (C=O) groups excluding carboxylic acids is 1. The number of hydrogen-bond donors (Lipinski definition) is 4. The molecule has 0 saturated carbocycles. The van der Waals surface area contributed by atoms with Crippen molar-refractivity contribution in [2.45, 2.75) is 84.2 Å². The molecule has 0 spiro atoms. The number of carbonyl (C=O) groups is 1. The van der Waals surface area contributed by atoms with Gasteiger partial charge in [0.15, 0.2) is 0 Å². The smallest absolute Gasteiger partial charge is 0.255 e. The summed E-state index contributed by atoms with van der Waals surface area (Å²) < 4.78 is 5.40. The standard InChI is InChI=1S/C29H46N2O5/c1-5-6-7-9-21-19-24(32)26(22-18-20(2)10-11-23(22)29(3,4)35)27(33)25(21)28(34)30-12-8-13-31-14-16-36-17-15-31/h18-19,22-23,32-33,35H,5-17H2,1-4H3,(H,30,34). The number of phenols is 2. The number of nitrogens with one attached hydrogen (secondary N) is 1. The van der Waals surface area contributed by atoms with Crippen LogP contribution in [0.5, 0.6) is 11.5 Å². The van der Waals surface area contributed by atoms with E-state index in [1.165, 1.54) is 0 Å². The highest BCUT2D eigenvalue weighted by atomic mass is 16.5. The number of aryl methyl sites for hydroxylation is 1. The van der Waals surface area contributed by atoms with Crippen molar-refractivity contribution in [1.29, 1.82) is 0 Å². The maximum Gasteiger partial charge on any atom is 0.255 e. The van der Waals surface area contributed by atoms with Crippen molar-refractivity contribution < 1.29 is 24.9 Å². The zero-order chi connectivity index (χ0) is 26.3. The van der Waals surface area contributed by atoms with Gasteiger partial charge in [0.2, 0.25) is 0 Å². The molecule has 1 heterocycles. The van der Waals surface area contributed by atoms with E-state index in [1.807, 2.05) is 13.0 Å². The maximum atomic E-state index is 13.4. The van der Waals surface area contributed by atoms with Gasteiger partial charge in [-0.25, -0.2) is 0 Å². The van der Waals surface area contributed by atoms with Gasteiger partial charge in [-0.15, -0.1) is 0 Å². The Labute approximate surface area is 216 Å². The van der Waals surface area contributed by atoms with Crippen molar-refractivity contribution in [3.63, 3.8) is 0 Å². The van der Waals surface area contributed by atoms with Crippen molar-refractivity contribution in [2.75, 3.05) is 39.4 Å². The van der Waals surface area contributed by atoms with Gasteiger partial charge in [0.25, 0.3) is 5.91 Å². The Bertz CT molecular complexity index is 915. The lowest BCUT2D eigenvalue weighted by atomic mass is 9.69. The molecule has 4 N–H and O–H groups in total. The summed E-state index contributed by atoms with van der Waals surface area (Å²) in [7, 11) is 0. The molecule has 2 unspecified atom stereocenters. The van der Waals surface area contributed by atoms with Crippen molar-refractivity contribution in [3.05, 3.63) is 34.4 Å². The molecular formula is C29H46N2O5. The molecule has 1 aliphatic heterocycles. The van der Waals surface area contributed by atoms with Crippen LogP contribution >= 0.6 is 0 Å². The van der Waals surface area contributed by atoms with E-state index in [4.69, 9.17) is 4.74 Å². The van der Waals surface area contributed by atoms with Crippen LogP contribution in [0.2, 0.25) is 0 Å². The molecule has 202 valence electrons. The Morgan fingerprint density at radius 2 is 1.92 bits per heavy atom. The number of ether oxygens (including phenoxy) is 1. The Morgan fingerprint density at radius 1 is 1.19 bits per heavy atom. The molecule has 0 aromatic heterocycles. The SMILES string of the molecule is CCCCCc1cc(O)c(C2C=C(C)CCC2C(C)(C)O)c(O)c1C(=O)NCCCN1CCOCC1. The van der Waals surface area contributed by atoms with Crippen molar-refractivity contribution in [1.82, 2.24) is 10.2 Å². The number of hydrogen-bond acceptors (Lipinski definition) is 6. The van der Waals surface area contributed by atoms with Gasteiger partial charge < -0.3 is 25.4 Å². The lowest BCUT2D eigenvalue weighted by Gasteiger charge is -2.38. The summed E-state index contributed by atoms with van der Waals surface area (Å²) >= 11 is 0. The number of rotatable bonds is 11. The first-order valence-corrected chi connectivity index (χ1v) is 13.7. The quantitative estimate of drug-likeness (QED) is 0.263. The van der Waals surface area contributed by atoms with Gasteiger partial charge in [0, 0.05) is 31.1 Å². The molecule has 1 aromatic carbocycles. The van der Waals surface area contributed by atoms with Crippen molar-refractivity contribution in [2.24, 2.45) is 5.92 Å². The fraction of sp³-hybridized carbons (Fsp3) is 0.690. The van der Waals surface area contributed by atoms with Crippen molar-refractivity contribution >= 4 is 5.91 Å². The number of aliphatic hydroxyl groups is 1. The number of allylic oxidation sites excluding steroid dienone is 2. The minimum atomic E-state index is -0.998. The predicted octanol–water partition coefficient (Wildman–Crippen LogP) is 4.49. The maximum absolute atomic E-state index is 13.4. The Kier molecular flexibility index (Phi) is 10.2. The van der Waals surface area contributed by atoms with Gasteiger partial charge in [-0.05, 0) is 77.0 Å². The minimum Gasteiger partial charge on any atom is -0.507 e. The fourth-order valence-electron chi connectivity index (χ4n) is 5.63. The molecule has 2 atom stereocenters. The number of unbranched alkanes of at least 4 members (excludes halogenated alkanes) is 2. The normalized spacial score (nSPS) is 21.3. The Hall–Kier alpha value is -2.09. The van der Waals surface area contributed by atoms with E-state index in [0.717, 1.165) is 76.9 Å². The number of amides is 1. The van der Waals surface area contributed by atoms with E-state index < -0.39 is 5.60 Å². The van der Waals surface area contributed by atoms with Crippen LogP contribution in [-0.4, -0.2) is 71.1 Å².